The molecular formula is C16H24Cl2Zr. The summed E-state index contributed by atoms with van der Waals surface area (Å²) in [6.07, 6.45) is 13.0. The first kappa shape index (κ1) is 24.3. The summed E-state index contributed by atoms with van der Waals surface area (Å²) in [6.45, 7) is 10.6. The standard InChI is InChI=1S/C8H11.C7H9.CH2.2ClH.Zr/c1-6-4-7(2)8(3)5-6;1-6-3-4-7(2)5-6;;;;/h4,6H,1-3H3;3-4,6H,1-2H3;1H2;2*1H;/q2*-1;;;;+2. The van der Waals surface area contributed by atoms with Gasteiger partial charge in [0.05, 0.1) is 0 Å². The zero-order valence-corrected chi connectivity index (χ0v) is 16.5. The second kappa shape index (κ2) is 13.3. The second-order valence-corrected chi connectivity index (χ2v) is 4.38. The Bertz CT molecular complexity index is 347. The molecule has 0 aromatic rings. The molecule has 0 saturated heterocycles. The summed E-state index contributed by atoms with van der Waals surface area (Å²) in [5, 5.41) is 0. The van der Waals surface area contributed by atoms with Crippen LogP contribution in [0.5, 0.6) is 0 Å². The van der Waals surface area contributed by atoms with Crippen LogP contribution in [0.1, 0.15) is 34.6 Å². The van der Waals surface area contributed by atoms with Crippen LogP contribution in [0.15, 0.2) is 34.9 Å². The van der Waals surface area contributed by atoms with Gasteiger partial charge in [0.15, 0.2) is 0 Å². The molecule has 0 radical (unpaired) electrons. The fraction of sp³-hybridized carbons (Fsp3) is 0.438. The van der Waals surface area contributed by atoms with Crippen LogP contribution < -0.4 is 0 Å². The summed E-state index contributed by atoms with van der Waals surface area (Å²) < 4.78 is 3.34. The van der Waals surface area contributed by atoms with Crippen molar-refractivity contribution < 1.29 is 24.2 Å². The number of halogens is 2. The topological polar surface area (TPSA) is 0 Å². The third-order valence-electron chi connectivity index (χ3n) is 2.63. The molecular weight excluding hydrogens is 354 g/mol. The van der Waals surface area contributed by atoms with Crippen molar-refractivity contribution >= 4 is 29.0 Å². The van der Waals surface area contributed by atoms with Gasteiger partial charge in [0.2, 0.25) is 0 Å². The zero-order valence-electron chi connectivity index (χ0n) is 12.4. The molecule has 0 amide bonds. The van der Waals surface area contributed by atoms with Gasteiger partial charge in [0.25, 0.3) is 0 Å². The van der Waals surface area contributed by atoms with Gasteiger partial charge in [0.1, 0.15) is 0 Å². The first-order chi connectivity index (χ1) is 7.99. The molecule has 0 aromatic heterocycles. The molecule has 0 nitrogen and oxygen atoms in total. The van der Waals surface area contributed by atoms with Crippen LogP contribution in [0.3, 0.4) is 0 Å². The first-order valence-electron chi connectivity index (χ1n) is 5.91. The Kier molecular flexibility index (Phi) is 17.0. The molecule has 0 heterocycles. The Morgan fingerprint density at radius 3 is 1.63 bits per heavy atom. The number of hydrogen-bond acceptors (Lipinski definition) is 0. The van der Waals surface area contributed by atoms with Gasteiger partial charge in [-0.3, -0.25) is 12.2 Å². The van der Waals surface area contributed by atoms with Crippen molar-refractivity contribution in [2.24, 2.45) is 11.8 Å². The summed E-state index contributed by atoms with van der Waals surface area (Å²) in [4.78, 5) is 0. The summed E-state index contributed by atoms with van der Waals surface area (Å²) in [7, 11) is 0. The van der Waals surface area contributed by atoms with E-state index in [1.165, 1.54) is 41.0 Å². The molecule has 0 bridgehead atoms. The maximum absolute atomic E-state index is 3.34. The van der Waals surface area contributed by atoms with Crippen molar-refractivity contribution in [3.63, 3.8) is 0 Å². The number of rotatable bonds is 0. The van der Waals surface area contributed by atoms with E-state index >= 15 is 0 Å². The molecule has 2 atom stereocenters. The minimum absolute atomic E-state index is 0. The van der Waals surface area contributed by atoms with Gasteiger partial charge in [-0.15, -0.1) is 31.7 Å². The van der Waals surface area contributed by atoms with E-state index in [4.69, 9.17) is 0 Å². The van der Waals surface area contributed by atoms with Crippen LogP contribution in [-0.2, 0) is 24.2 Å². The van der Waals surface area contributed by atoms with Gasteiger partial charge in [-0.1, -0.05) is 39.5 Å². The second-order valence-electron chi connectivity index (χ2n) is 4.38. The van der Waals surface area contributed by atoms with E-state index in [1.807, 2.05) is 0 Å². The average molecular weight is 378 g/mol. The van der Waals surface area contributed by atoms with E-state index in [1.54, 1.807) is 0 Å². The molecule has 0 fully saturated rings. The fourth-order valence-corrected chi connectivity index (χ4v) is 1.74. The molecule has 2 aliphatic carbocycles. The Balaban J connectivity index is -0.000000219. The van der Waals surface area contributed by atoms with Gasteiger partial charge in [-0.2, -0.15) is 12.2 Å². The van der Waals surface area contributed by atoms with Gasteiger partial charge in [-0.05, 0) is 0 Å². The van der Waals surface area contributed by atoms with Crippen molar-refractivity contribution in [1.82, 2.24) is 0 Å². The Morgan fingerprint density at radius 1 is 1.00 bits per heavy atom. The minimum atomic E-state index is 0. The summed E-state index contributed by atoms with van der Waals surface area (Å²) in [5.74, 6) is 1.11. The molecule has 2 rings (SSSR count). The predicted octanol–water partition coefficient (Wildman–Crippen LogP) is 5.08. The van der Waals surface area contributed by atoms with E-state index in [0.29, 0.717) is 11.8 Å². The quantitative estimate of drug-likeness (QED) is 0.516. The Hall–Kier alpha value is 0.293. The van der Waals surface area contributed by atoms with Gasteiger partial charge < -0.3 is 0 Å². The fourth-order valence-electron chi connectivity index (χ4n) is 1.74. The summed E-state index contributed by atoms with van der Waals surface area (Å²) in [6, 6.07) is 0. The molecule has 0 saturated carbocycles. The molecule has 0 N–H and O–H groups in total. The predicted molar refractivity (Wildman–Crippen MR) is 87.7 cm³/mol. The Morgan fingerprint density at radius 2 is 1.53 bits per heavy atom. The molecule has 3 heteroatoms. The average Bonchev–Trinajstić information content (AvgIpc) is 2.77. The molecule has 0 spiro atoms. The number of hydrogen-bond donors (Lipinski definition) is 0. The van der Waals surface area contributed by atoms with E-state index in [-0.39, 0.29) is 24.8 Å². The molecule has 19 heavy (non-hydrogen) atoms. The molecule has 2 unspecified atom stereocenters. The van der Waals surface area contributed by atoms with Crippen molar-refractivity contribution in [3.8, 4) is 0 Å². The van der Waals surface area contributed by atoms with Crippen LogP contribution in [0.2, 0.25) is 0 Å². The van der Waals surface area contributed by atoms with Crippen molar-refractivity contribution in [1.29, 1.82) is 0 Å². The molecule has 0 aliphatic heterocycles. The van der Waals surface area contributed by atoms with Crippen LogP contribution in [0.25, 0.3) is 0 Å². The third-order valence-corrected chi connectivity index (χ3v) is 2.63. The third kappa shape index (κ3) is 10.7. The van der Waals surface area contributed by atoms with Crippen molar-refractivity contribution in [2.45, 2.75) is 34.6 Å². The maximum atomic E-state index is 3.34. The van der Waals surface area contributed by atoms with Crippen LogP contribution in [0, 0.1) is 24.0 Å². The zero-order chi connectivity index (χ0) is 13.4. The first-order valence-corrected chi connectivity index (χ1v) is 7.65. The van der Waals surface area contributed by atoms with E-state index in [9.17, 15) is 0 Å². The van der Waals surface area contributed by atoms with Crippen LogP contribution >= 0.6 is 24.8 Å². The van der Waals surface area contributed by atoms with Gasteiger partial charge in [0, 0.05) is 0 Å². The van der Waals surface area contributed by atoms with Crippen molar-refractivity contribution in [3.05, 3.63) is 47.1 Å². The monoisotopic (exact) mass is 376 g/mol. The SMILES string of the molecule is CC1=[C-]C(C)C=C1.CC1=[C-]C(C)C=C1C.Cl.Cl.[CH2]=[Zr+2]. The van der Waals surface area contributed by atoms with E-state index in [0.717, 1.165) is 0 Å². The number of allylic oxidation sites excluding steroid dienone is 8. The summed E-state index contributed by atoms with van der Waals surface area (Å²) in [5.41, 5.74) is 3.97. The molecule has 2 aliphatic rings. The van der Waals surface area contributed by atoms with Crippen LogP contribution in [0.4, 0.5) is 0 Å². The van der Waals surface area contributed by atoms with E-state index < -0.39 is 0 Å². The normalized spacial score (nSPS) is 22.4. The molecule has 0 aromatic carbocycles. The van der Waals surface area contributed by atoms with Gasteiger partial charge in [-0.25, -0.2) is 22.8 Å². The van der Waals surface area contributed by atoms with E-state index in [2.05, 4.69) is 69.2 Å². The van der Waals surface area contributed by atoms with Gasteiger partial charge >= 0.3 is 28.4 Å². The Labute approximate surface area is 146 Å². The van der Waals surface area contributed by atoms with Crippen LogP contribution in [-0.4, -0.2) is 4.21 Å². The molecule has 106 valence electrons. The summed E-state index contributed by atoms with van der Waals surface area (Å²) >= 11 is 1.30. The van der Waals surface area contributed by atoms with Crippen molar-refractivity contribution in [2.75, 3.05) is 0 Å².